The van der Waals surface area contributed by atoms with Crippen LogP contribution in [0.4, 0.5) is 5.69 Å². The maximum atomic E-state index is 13.0. The van der Waals surface area contributed by atoms with Crippen LogP contribution in [0, 0.1) is 18.6 Å². The van der Waals surface area contributed by atoms with E-state index in [1.54, 1.807) is 7.11 Å². The van der Waals surface area contributed by atoms with Gasteiger partial charge in [-0.1, -0.05) is 12.1 Å². The smallest absolute Gasteiger partial charge is 0.278 e. The number of H-pyrrole nitrogens is 2. The van der Waals surface area contributed by atoms with Crippen molar-refractivity contribution in [3.05, 3.63) is 62.6 Å². The second kappa shape index (κ2) is 8.39. The lowest BCUT2D eigenvalue weighted by atomic mass is 10.1. The molecule has 2 heterocycles. The lowest BCUT2D eigenvalue weighted by Crippen LogP contribution is -2.23. The van der Waals surface area contributed by atoms with Crippen LogP contribution in [0.1, 0.15) is 24.0 Å². The molecule has 0 spiro atoms. The van der Waals surface area contributed by atoms with E-state index >= 15 is 0 Å². The summed E-state index contributed by atoms with van der Waals surface area (Å²) in [6, 6.07) is 11.4. The maximum Gasteiger partial charge on any atom is 0.278 e. The molecule has 7 nitrogen and oxygen atoms in total. The number of nitrogens with one attached hydrogen (secondary N) is 3. The first kappa shape index (κ1) is 20.9. The molecule has 8 heteroatoms. The molecule has 160 valence electrons. The molecule has 2 aromatic carbocycles. The van der Waals surface area contributed by atoms with Gasteiger partial charge in [-0.25, -0.2) is 0 Å². The number of rotatable bonds is 6. The molecule has 3 N–H and O–H groups in total. The van der Waals surface area contributed by atoms with Gasteiger partial charge in [-0.2, -0.15) is 0 Å². The Bertz CT molecular complexity index is 1410. The first-order valence-corrected chi connectivity index (χ1v) is 10.5. The number of hydrogen-bond donors (Lipinski definition) is 3. The van der Waals surface area contributed by atoms with E-state index in [4.69, 9.17) is 17.0 Å². The van der Waals surface area contributed by atoms with E-state index in [0.717, 1.165) is 27.7 Å². The van der Waals surface area contributed by atoms with Gasteiger partial charge in [0.15, 0.2) is 4.77 Å². The lowest BCUT2D eigenvalue weighted by Gasteiger charge is -2.11. The van der Waals surface area contributed by atoms with E-state index in [1.165, 1.54) is 4.57 Å². The zero-order valence-corrected chi connectivity index (χ0v) is 18.5. The van der Waals surface area contributed by atoms with Crippen molar-refractivity contribution in [1.29, 1.82) is 0 Å². The van der Waals surface area contributed by atoms with Gasteiger partial charge in [-0.3, -0.25) is 14.2 Å². The van der Waals surface area contributed by atoms with Crippen LogP contribution in [0.3, 0.4) is 0 Å². The predicted octanol–water partition coefficient (Wildman–Crippen LogP) is 4.58. The highest BCUT2D eigenvalue weighted by Gasteiger charge is 2.13. The Morgan fingerprint density at radius 3 is 2.74 bits per heavy atom. The van der Waals surface area contributed by atoms with E-state index < -0.39 is 0 Å². The number of fused-ring (bicyclic) bond motifs is 3. The van der Waals surface area contributed by atoms with Crippen molar-refractivity contribution in [2.45, 2.75) is 33.2 Å². The highest BCUT2D eigenvalue weighted by Crippen LogP contribution is 2.26. The number of methoxy groups -OCH3 is 1. The molecule has 0 atom stereocenters. The summed E-state index contributed by atoms with van der Waals surface area (Å²) in [7, 11) is 1.60. The number of hydrogen-bond acceptors (Lipinski definition) is 4. The summed E-state index contributed by atoms with van der Waals surface area (Å²) >= 11 is 5.43. The number of nitrogens with zero attached hydrogens (tertiary/aromatic N) is 1. The van der Waals surface area contributed by atoms with E-state index in [1.807, 2.05) is 50.2 Å². The zero-order valence-electron chi connectivity index (χ0n) is 17.7. The van der Waals surface area contributed by atoms with Crippen LogP contribution in [0.2, 0.25) is 0 Å². The van der Waals surface area contributed by atoms with Crippen molar-refractivity contribution in [3.8, 4) is 5.75 Å². The quantitative estimate of drug-likeness (QED) is 0.386. The van der Waals surface area contributed by atoms with Crippen molar-refractivity contribution in [3.63, 3.8) is 0 Å². The molecular formula is C23H24N4O3S. The van der Waals surface area contributed by atoms with Crippen LogP contribution in [-0.4, -0.2) is 27.6 Å². The fourth-order valence-electron chi connectivity index (χ4n) is 3.69. The number of carbonyl (C=O) groups excluding carboxylic acids is 1. The molecule has 0 unspecified atom stereocenters. The molecular weight excluding hydrogens is 412 g/mol. The molecule has 0 saturated carbocycles. The summed E-state index contributed by atoms with van der Waals surface area (Å²) in [5, 5.41) is 3.79. The van der Waals surface area contributed by atoms with Crippen LogP contribution in [0.25, 0.3) is 21.9 Å². The van der Waals surface area contributed by atoms with E-state index in [9.17, 15) is 9.59 Å². The average molecular weight is 437 g/mol. The summed E-state index contributed by atoms with van der Waals surface area (Å²) in [5.41, 5.74) is 4.72. The van der Waals surface area contributed by atoms with Crippen LogP contribution >= 0.6 is 12.2 Å². The Morgan fingerprint density at radius 2 is 1.97 bits per heavy atom. The lowest BCUT2D eigenvalue weighted by molar-refractivity contribution is -0.116. The highest BCUT2D eigenvalue weighted by atomic mass is 32.1. The predicted molar refractivity (Wildman–Crippen MR) is 126 cm³/mol. The Morgan fingerprint density at radius 1 is 1.16 bits per heavy atom. The fourth-order valence-corrected chi connectivity index (χ4v) is 3.97. The number of amides is 1. The minimum Gasteiger partial charge on any atom is -0.497 e. The largest absolute Gasteiger partial charge is 0.497 e. The number of aromatic amines is 2. The van der Waals surface area contributed by atoms with Crippen LogP contribution in [-0.2, 0) is 11.3 Å². The topological polar surface area (TPSA) is 91.9 Å². The van der Waals surface area contributed by atoms with Gasteiger partial charge in [0, 0.05) is 29.6 Å². The van der Waals surface area contributed by atoms with Crippen molar-refractivity contribution in [2.24, 2.45) is 0 Å². The molecule has 0 aliphatic carbocycles. The normalized spacial score (nSPS) is 11.2. The Kier molecular flexibility index (Phi) is 5.65. The molecule has 4 aromatic rings. The van der Waals surface area contributed by atoms with Crippen LogP contribution < -0.4 is 15.6 Å². The van der Waals surface area contributed by atoms with Crippen LogP contribution in [0.5, 0.6) is 5.75 Å². The van der Waals surface area contributed by atoms with Crippen molar-refractivity contribution < 1.29 is 9.53 Å². The minimum absolute atomic E-state index is 0.0876. The van der Waals surface area contributed by atoms with Crippen molar-refractivity contribution in [2.75, 3.05) is 12.4 Å². The second-order valence-corrected chi connectivity index (χ2v) is 7.96. The van der Waals surface area contributed by atoms with Gasteiger partial charge in [-0.15, -0.1) is 0 Å². The molecule has 0 radical (unpaired) electrons. The molecule has 4 rings (SSSR count). The molecule has 0 saturated heterocycles. The van der Waals surface area contributed by atoms with Crippen molar-refractivity contribution >= 4 is 45.7 Å². The molecule has 2 aromatic heterocycles. The number of benzene rings is 2. The first-order valence-electron chi connectivity index (χ1n) is 10.1. The summed E-state index contributed by atoms with van der Waals surface area (Å²) in [6.07, 6.45) is 0.782. The Hall–Kier alpha value is -3.39. The van der Waals surface area contributed by atoms with E-state index in [0.29, 0.717) is 34.5 Å². The number of aromatic nitrogens is 3. The Labute approximate surface area is 184 Å². The average Bonchev–Trinajstić information content (AvgIpc) is 3.11. The first-order chi connectivity index (χ1) is 14.9. The zero-order chi connectivity index (χ0) is 22.1. The van der Waals surface area contributed by atoms with Crippen molar-refractivity contribution in [1.82, 2.24) is 14.5 Å². The van der Waals surface area contributed by atoms with E-state index in [2.05, 4.69) is 15.3 Å². The minimum atomic E-state index is -0.205. The molecule has 0 fully saturated rings. The fraction of sp³-hybridized carbons (Fsp3) is 0.261. The summed E-state index contributed by atoms with van der Waals surface area (Å²) in [6.45, 7) is 4.34. The molecule has 31 heavy (non-hydrogen) atoms. The number of anilines is 1. The second-order valence-electron chi connectivity index (χ2n) is 7.57. The maximum absolute atomic E-state index is 13.0. The third kappa shape index (κ3) is 3.98. The van der Waals surface area contributed by atoms with Gasteiger partial charge < -0.3 is 20.0 Å². The highest BCUT2D eigenvalue weighted by molar-refractivity contribution is 7.71. The third-order valence-corrected chi connectivity index (χ3v) is 5.93. The van der Waals surface area contributed by atoms with Crippen LogP contribution in [0.15, 0.2) is 41.2 Å². The van der Waals surface area contributed by atoms with Gasteiger partial charge in [0.2, 0.25) is 5.91 Å². The van der Waals surface area contributed by atoms with E-state index in [-0.39, 0.29) is 17.9 Å². The Balaban J connectivity index is 1.53. The SMILES string of the molecule is COc1ccc2[nH]c3c(=O)n(CCCC(=O)Nc4cccc(C)c4C)c(=S)[nH]c3c2c1. The molecule has 0 bridgehead atoms. The summed E-state index contributed by atoms with van der Waals surface area (Å²) in [4.78, 5) is 31.7. The van der Waals surface area contributed by atoms with Gasteiger partial charge >= 0.3 is 0 Å². The number of carbonyl (C=O) groups is 1. The number of ether oxygens (including phenoxy) is 1. The third-order valence-electron chi connectivity index (χ3n) is 5.61. The standard InChI is InChI=1S/C23H24N4O3S/c1-13-6-4-7-17(14(13)2)24-19(28)8-5-11-27-22(29)21-20(26-23(27)31)16-12-15(30-3)9-10-18(16)25-21/h4,6-7,9-10,12,25H,5,8,11H2,1-3H3,(H,24,28)(H,26,31). The van der Waals surface area contributed by atoms with Gasteiger partial charge in [0.1, 0.15) is 11.3 Å². The molecule has 0 aliphatic rings. The van der Waals surface area contributed by atoms with Gasteiger partial charge in [0.05, 0.1) is 12.6 Å². The summed E-state index contributed by atoms with van der Waals surface area (Å²) in [5.74, 6) is 0.613. The number of aryl methyl sites for hydroxylation is 1. The monoisotopic (exact) mass is 436 g/mol. The van der Waals surface area contributed by atoms with Gasteiger partial charge in [0.25, 0.3) is 5.56 Å². The molecule has 1 amide bonds. The molecule has 0 aliphatic heterocycles. The van der Waals surface area contributed by atoms with Gasteiger partial charge in [-0.05, 0) is 67.9 Å². The summed E-state index contributed by atoms with van der Waals surface area (Å²) < 4.78 is 7.11.